The van der Waals surface area contributed by atoms with E-state index in [0.717, 1.165) is 32.2 Å². The summed E-state index contributed by atoms with van der Waals surface area (Å²) in [5.74, 6) is 0.318. The molecular weight excluding hydrogens is 262 g/mol. The molecule has 3 aliphatic rings. The maximum absolute atomic E-state index is 12.1. The number of carbonyl (C=O) groups is 1. The largest absolute Gasteiger partial charge is 0.368 e. The first kappa shape index (κ1) is 15.3. The fourth-order valence-electron chi connectivity index (χ4n) is 4.40. The number of likely N-dealkylation sites (tertiary alicyclic amines) is 1. The van der Waals surface area contributed by atoms with Crippen molar-refractivity contribution in [3.8, 4) is 0 Å². The molecule has 0 aromatic heterocycles. The zero-order valence-corrected chi connectivity index (χ0v) is 13.7. The van der Waals surface area contributed by atoms with E-state index in [1.807, 2.05) is 0 Å². The van der Waals surface area contributed by atoms with E-state index in [1.54, 1.807) is 0 Å². The highest BCUT2D eigenvalue weighted by Crippen LogP contribution is 2.41. The van der Waals surface area contributed by atoms with Crippen LogP contribution in [0, 0.1) is 11.3 Å². The molecule has 1 saturated heterocycles. The van der Waals surface area contributed by atoms with Crippen molar-refractivity contribution in [1.29, 1.82) is 0 Å². The van der Waals surface area contributed by atoms with E-state index < -0.39 is 5.54 Å². The molecule has 21 heavy (non-hydrogen) atoms. The van der Waals surface area contributed by atoms with Crippen LogP contribution in [0.4, 0.5) is 0 Å². The van der Waals surface area contributed by atoms with Crippen molar-refractivity contribution in [2.24, 2.45) is 17.1 Å². The van der Waals surface area contributed by atoms with E-state index in [9.17, 15) is 4.79 Å². The minimum Gasteiger partial charge on any atom is -0.368 e. The van der Waals surface area contributed by atoms with Gasteiger partial charge in [0, 0.05) is 12.6 Å². The van der Waals surface area contributed by atoms with Crippen molar-refractivity contribution in [2.75, 3.05) is 19.6 Å². The second-order valence-electron chi connectivity index (χ2n) is 8.32. The number of hydrogen-bond donors (Lipinski definition) is 2. The molecule has 0 aromatic carbocycles. The summed E-state index contributed by atoms with van der Waals surface area (Å²) < 4.78 is 0. The lowest BCUT2D eigenvalue weighted by Gasteiger charge is -2.35. The maximum atomic E-state index is 12.1. The third-order valence-corrected chi connectivity index (χ3v) is 5.85. The number of nitrogens with two attached hydrogens (primary N) is 1. The highest BCUT2D eigenvalue weighted by molar-refractivity contribution is 5.85. The number of hydrogen-bond acceptors (Lipinski definition) is 3. The number of carbonyl (C=O) groups excluding carboxylic acids is 1. The van der Waals surface area contributed by atoms with Crippen LogP contribution in [0.5, 0.6) is 0 Å². The molecule has 120 valence electrons. The van der Waals surface area contributed by atoms with Gasteiger partial charge in [-0.25, -0.2) is 0 Å². The van der Waals surface area contributed by atoms with E-state index in [-0.39, 0.29) is 5.91 Å². The Morgan fingerprint density at radius 2 is 2.05 bits per heavy atom. The lowest BCUT2D eigenvalue weighted by molar-refractivity contribution is -0.126. The van der Waals surface area contributed by atoms with Crippen LogP contribution in [0.25, 0.3) is 0 Å². The van der Waals surface area contributed by atoms with Crippen LogP contribution >= 0.6 is 0 Å². The number of nitrogens with one attached hydrogen (secondary N) is 1. The Kier molecular flexibility index (Phi) is 4.04. The van der Waals surface area contributed by atoms with Gasteiger partial charge in [0.1, 0.15) is 5.54 Å². The summed E-state index contributed by atoms with van der Waals surface area (Å²) in [6, 6.07) is 0.545. The quantitative estimate of drug-likeness (QED) is 0.786. The minimum atomic E-state index is -0.406. The van der Waals surface area contributed by atoms with Gasteiger partial charge in [0.25, 0.3) is 0 Å². The summed E-state index contributed by atoms with van der Waals surface area (Å²) in [6.07, 6.45) is 8.05. The zero-order chi connectivity index (χ0) is 15.1. The maximum Gasteiger partial charge on any atom is 0.238 e. The molecular formula is C17H31N3O. The van der Waals surface area contributed by atoms with Crippen molar-refractivity contribution in [3.63, 3.8) is 0 Å². The van der Waals surface area contributed by atoms with Crippen molar-refractivity contribution >= 4 is 5.91 Å². The lowest BCUT2D eigenvalue weighted by Crippen LogP contribution is -2.59. The predicted octanol–water partition coefficient (Wildman–Crippen LogP) is 1.88. The predicted molar refractivity (Wildman–Crippen MR) is 84.9 cm³/mol. The number of amides is 1. The summed E-state index contributed by atoms with van der Waals surface area (Å²) in [7, 11) is 0. The van der Waals surface area contributed by atoms with Crippen LogP contribution in [0.1, 0.15) is 58.8 Å². The molecule has 0 spiro atoms. The highest BCUT2D eigenvalue weighted by Gasteiger charge is 2.49. The van der Waals surface area contributed by atoms with E-state index >= 15 is 0 Å². The monoisotopic (exact) mass is 293 g/mol. The van der Waals surface area contributed by atoms with Gasteiger partial charge in [-0.2, -0.15) is 0 Å². The topological polar surface area (TPSA) is 58.4 Å². The van der Waals surface area contributed by atoms with Gasteiger partial charge in [0.05, 0.1) is 0 Å². The summed E-state index contributed by atoms with van der Waals surface area (Å²) in [5.41, 5.74) is 5.87. The van der Waals surface area contributed by atoms with Gasteiger partial charge < -0.3 is 16.0 Å². The summed E-state index contributed by atoms with van der Waals surface area (Å²) in [6.45, 7) is 8.23. The fourth-order valence-corrected chi connectivity index (χ4v) is 4.40. The molecule has 2 atom stereocenters. The number of rotatable bonds is 6. The van der Waals surface area contributed by atoms with Crippen LogP contribution < -0.4 is 11.1 Å². The molecule has 0 bridgehead atoms. The summed E-state index contributed by atoms with van der Waals surface area (Å²) >= 11 is 0. The average Bonchev–Trinajstić information content (AvgIpc) is 3.00. The number of primary amides is 1. The van der Waals surface area contributed by atoms with E-state index in [2.05, 4.69) is 24.1 Å². The lowest BCUT2D eigenvalue weighted by atomic mass is 9.83. The first-order chi connectivity index (χ1) is 9.91. The second-order valence-corrected chi connectivity index (χ2v) is 8.32. The van der Waals surface area contributed by atoms with Gasteiger partial charge in [-0.15, -0.1) is 0 Å². The van der Waals surface area contributed by atoms with Crippen molar-refractivity contribution in [3.05, 3.63) is 0 Å². The standard InChI is InChI=1S/C17H31N3O/c1-16(2)9-11-20(12-16)10-7-13-4-3-8-17(13,15(18)21)19-14-5-6-14/h13-14,19H,3-12H2,1-2H3,(H2,18,21). The molecule has 1 amide bonds. The van der Waals surface area contributed by atoms with Crippen LogP contribution in [-0.4, -0.2) is 42.0 Å². The van der Waals surface area contributed by atoms with E-state index in [4.69, 9.17) is 5.73 Å². The van der Waals surface area contributed by atoms with Crippen LogP contribution in [0.15, 0.2) is 0 Å². The Morgan fingerprint density at radius 3 is 2.62 bits per heavy atom. The average molecular weight is 293 g/mol. The molecule has 2 saturated carbocycles. The minimum absolute atomic E-state index is 0.112. The van der Waals surface area contributed by atoms with Crippen LogP contribution in [-0.2, 0) is 4.79 Å². The van der Waals surface area contributed by atoms with Gasteiger partial charge in [-0.05, 0) is 62.9 Å². The van der Waals surface area contributed by atoms with Crippen molar-refractivity contribution < 1.29 is 4.79 Å². The third-order valence-electron chi connectivity index (χ3n) is 5.85. The molecule has 0 aromatic rings. The third kappa shape index (κ3) is 3.26. The van der Waals surface area contributed by atoms with Crippen LogP contribution in [0.3, 0.4) is 0 Å². The first-order valence-electron chi connectivity index (χ1n) is 8.71. The Balaban J connectivity index is 1.59. The molecule has 3 fully saturated rings. The van der Waals surface area contributed by atoms with Crippen LogP contribution in [0.2, 0.25) is 0 Å². The van der Waals surface area contributed by atoms with Gasteiger partial charge in [-0.1, -0.05) is 20.3 Å². The molecule has 4 nitrogen and oxygen atoms in total. The Bertz CT molecular complexity index is 405. The van der Waals surface area contributed by atoms with E-state index in [0.29, 0.717) is 17.4 Å². The molecule has 3 rings (SSSR count). The van der Waals surface area contributed by atoms with Crippen molar-refractivity contribution in [2.45, 2.75) is 70.4 Å². The second kappa shape index (κ2) is 5.54. The molecule has 4 heteroatoms. The Morgan fingerprint density at radius 1 is 1.29 bits per heavy atom. The first-order valence-corrected chi connectivity index (χ1v) is 8.71. The molecule has 1 aliphatic heterocycles. The Hall–Kier alpha value is -0.610. The van der Waals surface area contributed by atoms with Gasteiger partial charge in [0.15, 0.2) is 0 Å². The normalized spacial score (nSPS) is 36.2. The van der Waals surface area contributed by atoms with Crippen molar-refractivity contribution in [1.82, 2.24) is 10.2 Å². The Labute approximate surface area is 128 Å². The molecule has 3 N–H and O–H groups in total. The van der Waals surface area contributed by atoms with Gasteiger partial charge in [0.2, 0.25) is 5.91 Å². The zero-order valence-electron chi connectivity index (χ0n) is 13.7. The van der Waals surface area contributed by atoms with Gasteiger partial charge >= 0.3 is 0 Å². The van der Waals surface area contributed by atoms with Gasteiger partial charge in [-0.3, -0.25) is 4.79 Å². The summed E-state index contributed by atoms with van der Waals surface area (Å²) in [4.78, 5) is 14.7. The van der Waals surface area contributed by atoms with E-state index in [1.165, 1.54) is 32.4 Å². The number of nitrogens with zero attached hydrogens (tertiary/aromatic N) is 1. The highest BCUT2D eigenvalue weighted by atomic mass is 16.1. The molecule has 1 heterocycles. The molecule has 2 aliphatic carbocycles. The molecule has 0 radical (unpaired) electrons. The summed E-state index contributed by atoms with van der Waals surface area (Å²) in [5, 5.41) is 3.61. The smallest absolute Gasteiger partial charge is 0.238 e. The fraction of sp³-hybridized carbons (Fsp3) is 0.941. The molecule has 2 unspecified atom stereocenters. The SMILES string of the molecule is CC1(C)CCN(CCC2CCCC2(NC2CC2)C(N)=O)C1.